The summed E-state index contributed by atoms with van der Waals surface area (Å²) in [7, 11) is 3.20. The van der Waals surface area contributed by atoms with Crippen LogP contribution in [0, 0.1) is 5.92 Å². The maximum Gasteiger partial charge on any atom is 0.274 e. The Morgan fingerprint density at radius 1 is 1.21 bits per heavy atom. The van der Waals surface area contributed by atoms with Gasteiger partial charge < -0.3 is 19.7 Å². The van der Waals surface area contributed by atoms with Crippen molar-refractivity contribution in [3.8, 4) is 11.5 Å². The predicted octanol–water partition coefficient (Wildman–Crippen LogP) is 1.70. The molecule has 0 bridgehead atoms. The first-order valence-corrected chi connectivity index (χ1v) is 9.66. The molecule has 1 N–H and O–H groups in total. The number of nitrogens with one attached hydrogen (secondary N) is 1. The molecule has 154 valence electrons. The van der Waals surface area contributed by atoms with Gasteiger partial charge in [-0.3, -0.25) is 14.6 Å². The van der Waals surface area contributed by atoms with Gasteiger partial charge in [-0.1, -0.05) is 6.07 Å². The third kappa shape index (κ3) is 5.22. The molecule has 0 saturated carbocycles. The fourth-order valence-corrected chi connectivity index (χ4v) is 3.46. The first-order chi connectivity index (χ1) is 14.1. The number of nitrogens with zero attached hydrogens (tertiary/aromatic N) is 3. The molecule has 0 spiro atoms. The van der Waals surface area contributed by atoms with E-state index in [1.807, 2.05) is 18.2 Å². The van der Waals surface area contributed by atoms with Gasteiger partial charge in [0.15, 0.2) is 11.5 Å². The first kappa shape index (κ1) is 20.6. The molecular formula is C21H26N4O4. The number of hydrogen-bond acceptors (Lipinski definition) is 6. The number of hydrogen-bond donors (Lipinski definition) is 1. The molecular weight excluding hydrogens is 372 g/mol. The van der Waals surface area contributed by atoms with Crippen molar-refractivity contribution in [2.45, 2.75) is 19.3 Å². The maximum absolute atomic E-state index is 12.6. The van der Waals surface area contributed by atoms with Crippen LogP contribution in [0.5, 0.6) is 11.5 Å². The molecule has 1 saturated heterocycles. The van der Waals surface area contributed by atoms with Crippen molar-refractivity contribution < 1.29 is 19.1 Å². The number of piperidine rings is 1. The highest BCUT2D eigenvalue weighted by Crippen LogP contribution is 2.27. The summed E-state index contributed by atoms with van der Waals surface area (Å²) in [6.45, 7) is 1.55. The lowest BCUT2D eigenvalue weighted by molar-refractivity contribution is -0.126. The minimum Gasteiger partial charge on any atom is -0.493 e. The SMILES string of the molecule is COc1ccc(CCNC(=O)C2CCCN(C(=O)c3cnccn3)C2)cc1OC. The number of rotatable bonds is 7. The van der Waals surface area contributed by atoms with E-state index in [4.69, 9.17) is 9.47 Å². The van der Waals surface area contributed by atoms with Crippen LogP contribution in [-0.4, -0.2) is 60.5 Å². The quantitative estimate of drug-likeness (QED) is 0.763. The van der Waals surface area contributed by atoms with Crippen LogP contribution in [0.15, 0.2) is 36.8 Å². The summed E-state index contributed by atoms with van der Waals surface area (Å²) in [5.74, 6) is 0.926. The highest BCUT2D eigenvalue weighted by Gasteiger charge is 2.29. The van der Waals surface area contributed by atoms with Gasteiger partial charge in [0.1, 0.15) is 5.69 Å². The van der Waals surface area contributed by atoms with Gasteiger partial charge in [-0.15, -0.1) is 0 Å². The lowest BCUT2D eigenvalue weighted by Gasteiger charge is -2.31. The molecule has 1 aliphatic heterocycles. The van der Waals surface area contributed by atoms with Crippen LogP contribution in [0.2, 0.25) is 0 Å². The molecule has 8 heteroatoms. The number of carbonyl (C=O) groups excluding carboxylic acids is 2. The van der Waals surface area contributed by atoms with Gasteiger partial charge in [-0.25, -0.2) is 4.98 Å². The second-order valence-corrected chi connectivity index (χ2v) is 6.91. The predicted molar refractivity (Wildman–Crippen MR) is 107 cm³/mol. The number of methoxy groups -OCH3 is 2. The Balaban J connectivity index is 1.51. The minimum absolute atomic E-state index is 0.0258. The van der Waals surface area contributed by atoms with E-state index in [1.54, 1.807) is 19.1 Å². The third-order valence-corrected chi connectivity index (χ3v) is 5.02. The lowest BCUT2D eigenvalue weighted by atomic mass is 9.96. The Bertz CT molecular complexity index is 844. The molecule has 3 rings (SSSR count). The average Bonchev–Trinajstić information content (AvgIpc) is 2.79. The van der Waals surface area contributed by atoms with Gasteiger partial charge in [0.25, 0.3) is 5.91 Å². The van der Waals surface area contributed by atoms with E-state index in [9.17, 15) is 9.59 Å². The molecule has 1 fully saturated rings. The summed E-state index contributed by atoms with van der Waals surface area (Å²) in [6.07, 6.45) is 6.72. The fourth-order valence-electron chi connectivity index (χ4n) is 3.46. The van der Waals surface area contributed by atoms with E-state index >= 15 is 0 Å². The Morgan fingerprint density at radius 3 is 2.76 bits per heavy atom. The Hall–Kier alpha value is -3.16. The minimum atomic E-state index is -0.213. The van der Waals surface area contributed by atoms with Crippen molar-refractivity contribution in [2.24, 2.45) is 5.92 Å². The number of likely N-dealkylation sites (tertiary alicyclic amines) is 1. The molecule has 8 nitrogen and oxygen atoms in total. The topological polar surface area (TPSA) is 93.7 Å². The van der Waals surface area contributed by atoms with E-state index in [0.717, 1.165) is 18.4 Å². The van der Waals surface area contributed by atoms with Crippen molar-refractivity contribution in [3.63, 3.8) is 0 Å². The van der Waals surface area contributed by atoms with Gasteiger partial charge in [-0.05, 0) is 37.0 Å². The summed E-state index contributed by atoms with van der Waals surface area (Å²) in [5.41, 5.74) is 1.35. The molecule has 0 aliphatic carbocycles. The van der Waals surface area contributed by atoms with Crippen LogP contribution in [0.4, 0.5) is 0 Å². The standard InChI is InChI=1S/C21H26N4O4/c1-28-18-6-5-15(12-19(18)29-2)7-8-24-20(26)16-4-3-11-25(14-16)21(27)17-13-22-9-10-23-17/h5-6,9-10,12-13,16H,3-4,7-8,11,14H2,1-2H3,(H,24,26). The van der Waals surface area contributed by atoms with Crippen LogP contribution in [0.25, 0.3) is 0 Å². The monoisotopic (exact) mass is 398 g/mol. The molecule has 2 heterocycles. The van der Waals surface area contributed by atoms with Crippen molar-refractivity contribution in [3.05, 3.63) is 48.0 Å². The van der Waals surface area contributed by atoms with Gasteiger partial charge in [0, 0.05) is 32.0 Å². The molecule has 2 aromatic rings. The van der Waals surface area contributed by atoms with E-state index in [0.29, 0.717) is 43.2 Å². The molecule has 1 unspecified atom stereocenters. The second-order valence-electron chi connectivity index (χ2n) is 6.91. The van der Waals surface area contributed by atoms with Crippen molar-refractivity contribution in [1.82, 2.24) is 20.2 Å². The highest BCUT2D eigenvalue weighted by atomic mass is 16.5. The first-order valence-electron chi connectivity index (χ1n) is 9.66. The van der Waals surface area contributed by atoms with Gasteiger partial charge in [0.05, 0.1) is 26.3 Å². The van der Waals surface area contributed by atoms with Gasteiger partial charge in [-0.2, -0.15) is 0 Å². The summed E-state index contributed by atoms with van der Waals surface area (Å²) in [4.78, 5) is 34.8. The summed E-state index contributed by atoms with van der Waals surface area (Å²) < 4.78 is 10.6. The van der Waals surface area contributed by atoms with Crippen LogP contribution in [0.3, 0.4) is 0 Å². The number of amides is 2. The second kappa shape index (κ2) is 9.86. The highest BCUT2D eigenvalue weighted by molar-refractivity contribution is 5.92. The number of aromatic nitrogens is 2. The van der Waals surface area contributed by atoms with E-state index in [-0.39, 0.29) is 17.7 Å². The van der Waals surface area contributed by atoms with Crippen LogP contribution < -0.4 is 14.8 Å². The zero-order valence-corrected chi connectivity index (χ0v) is 16.8. The van der Waals surface area contributed by atoms with Gasteiger partial charge in [0.2, 0.25) is 5.91 Å². The summed E-state index contributed by atoms with van der Waals surface area (Å²) >= 11 is 0. The van der Waals surface area contributed by atoms with Crippen molar-refractivity contribution >= 4 is 11.8 Å². The summed E-state index contributed by atoms with van der Waals surface area (Å²) in [6, 6.07) is 5.72. The van der Waals surface area contributed by atoms with Crippen LogP contribution in [-0.2, 0) is 11.2 Å². The Labute approximate surface area is 170 Å². The van der Waals surface area contributed by atoms with E-state index in [1.165, 1.54) is 18.6 Å². The Morgan fingerprint density at radius 2 is 2.03 bits per heavy atom. The lowest BCUT2D eigenvalue weighted by Crippen LogP contribution is -2.46. The van der Waals surface area contributed by atoms with Gasteiger partial charge >= 0.3 is 0 Å². The smallest absolute Gasteiger partial charge is 0.274 e. The average molecular weight is 398 g/mol. The van der Waals surface area contributed by atoms with E-state index < -0.39 is 0 Å². The third-order valence-electron chi connectivity index (χ3n) is 5.02. The molecule has 1 aliphatic rings. The molecule has 1 aromatic carbocycles. The van der Waals surface area contributed by atoms with E-state index in [2.05, 4.69) is 15.3 Å². The number of benzene rings is 1. The van der Waals surface area contributed by atoms with Crippen LogP contribution in [0.1, 0.15) is 28.9 Å². The zero-order chi connectivity index (χ0) is 20.6. The Kier molecular flexibility index (Phi) is 6.99. The maximum atomic E-state index is 12.6. The molecule has 1 atom stereocenters. The molecule has 2 amide bonds. The zero-order valence-electron chi connectivity index (χ0n) is 16.8. The number of ether oxygens (including phenoxy) is 2. The summed E-state index contributed by atoms with van der Waals surface area (Å²) in [5, 5.41) is 2.99. The van der Waals surface area contributed by atoms with Crippen LogP contribution >= 0.6 is 0 Å². The number of carbonyl (C=O) groups is 2. The largest absolute Gasteiger partial charge is 0.493 e. The van der Waals surface area contributed by atoms with Crippen molar-refractivity contribution in [1.29, 1.82) is 0 Å². The molecule has 0 radical (unpaired) electrons. The molecule has 29 heavy (non-hydrogen) atoms. The molecule has 1 aromatic heterocycles. The fraction of sp³-hybridized carbons (Fsp3) is 0.429. The normalized spacial score (nSPS) is 16.2. The van der Waals surface area contributed by atoms with Crippen molar-refractivity contribution in [2.75, 3.05) is 33.9 Å².